The number of pyridine rings is 1. The average molecular weight is 588 g/mol. The minimum atomic E-state index is -0.490. The lowest BCUT2D eigenvalue weighted by Gasteiger charge is -2.35. The van der Waals surface area contributed by atoms with E-state index in [1.165, 1.54) is 19.3 Å². The van der Waals surface area contributed by atoms with Crippen LogP contribution in [0.2, 0.25) is 5.02 Å². The molecule has 42 heavy (non-hydrogen) atoms. The molecule has 5 heterocycles. The van der Waals surface area contributed by atoms with Crippen LogP contribution in [0.5, 0.6) is 6.01 Å². The number of aliphatic hydroxyl groups is 1. The van der Waals surface area contributed by atoms with E-state index in [2.05, 4.69) is 14.8 Å². The number of fused-ring (bicyclic) bond motifs is 5. The standard InChI is InChI=1S/C33H35ClFN5O2/c34-26-7-2-5-22-4-1-6-24(27(22)26)29-28(35)30-25(15-36-29)31(39-16-20-8-9-21(14-20)17-39)38-32(37-30)42-19-33-11-3-13-40(33)23(18-41)10-12-33/h1-2,4-7,15,20-21,23,41H,3,8-14,16-19H2/t20?,21?,23-,33-/m1/s1. The van der Waals surface area contributed by atoms with Crippen LogP contribution in [0, 0.1) is 17.7 Å². The number of nitrogens with zero attached hydrogens (tertiary/aromatic N) is 5. The summed E-state index contributed by atoms with van der Waals surface area (Å²) in [7, 11) is 0. The van der Waals surface area contributed by atoms with E-state index in [0.29, 0.717) is 40.2 Å². The Morgan fingerprint density at radius 1 is 1.05 bits per heavy atom. The molecular weight excluding hydrogens is 553 g/mol. The van der Waals surface area contributed by atoms with Gasteiger partial charge in [-0.1, -0.05) is 41.9 Å². The normalized spacial score (nSPS) is 27.3. The highest BCUT2D eigenvalue weighted by molar-refractivity contribution is 6.36. The summed E-state index contributed by atoms with van der Waals surface area (Å²) in [4.78, 5) is 19.0. The molecule has 4 atom stereocenters. The number of aliphatic hydroxyl groups excluding tert-OH is 1. The summed E-state index contributed by atoms with van der Waals surface area (Å²) < 4.78 is 23.1. The zero-order valence-corrected chi connectivity index (χ0v) is 24.4. The summed E-state index contributed by atoms with van der Waals surface area (Å²) >= 11 is 6.61. The van der Waals surface area contributed by atoms with Crippen LogP contribution in [0.15, 0.2) is 42.6 Å². The molecule has 2 aromatic heterocycles. The molecule has 1 saturated carbocycles. The molecule has 9 heteroatoms. The van der Waals surface area contributed by atoms with Gasteiger partial charge < -0.3 is 14.7 Å². The Balaban J connectivity index is 1.23. The van der Waals surface area contributed by atoms with Crippen molar-refractivity contribution in [1.29, 1.82) is 0 Å². The second-order valence-corrected chi connectivity index (χ2v) is 13.2. The van der Waals surface area contributed by atoms with E-state index in [1.54, 1.807) is 6.20 Å². The largest absolute Gasteiger partial charge is 0.461 e. The fraction of sp³-hybridized carbons (Fsp3) is 0.485. The predicted molar refractivity (Wildman–Crippen MR) is 163 cm³/mol. The van der Waals surface area contributed by atoms with Gasteiger partial charge in [0.2, 0.25) is 0 Å². The maximum Gasteiger partial charge on any atom is 0.319 e. The third kappa shape index (κ3) is 4.25. The molecule has 3 saturated heterocycles. The zero-order valence-electron chi connectivity index (χ0n) is 23.6. The summed E-state index contributed by atoms with van der Waals surface area (Å²) in [5.74, 6) is 1.48. The predicted octanol–water partition coefficient (Wildman–Crippen LogP) is 6.24. The van der Waals surface area contributed by atoms with E-state index in [4.69, 9.17) is 26.3 Å². The second-order valence-electron chi connectivity index (χ2n) is 12.8. The van der Waals surface area contributed by atoms with Gasteiger partial charge in [0.15, 0.2) is 5.82 Å². The van der Waals surface area contributed by atoms with Crippen LogP contribution in [0.25, 0.3) is 32.9 Å². The Bertz CT molecular complexity index is 1670. The van der Waals surface area contributed by atoms with Gasteiger partial charge in [0.05, 0.1) is 17.5 Å². The van der Waals surface area contributed by atoms with Crippen molar-refractivity contribution in [3.05, 3.63) is 53.4 Å². The molecule has 218 valence electrons. The maximum absolute atomic E-state index is 16.7. The minimum absolute atomic E-state index is 0.127. The van der Waals surface area contributed by atoms with Crippen molar-refractivity contribution in [2.24, 2.45) is 11.8 Å². The van der Waals surface area contributed by atoms with Crippen LogP contribution in [0.3, 0.4) is 0 Å². The molecule has 8 rings (SSSR count). The summed E-state index contributed by atoms with van der Waals surface area (Å²) in [6, 6.07) is 11.8. The molecule has 7 nitrogen and oxygen atoms in total. The average Bonchev–Trinajstić information content (AvgIpc) is 3.68. The van der Waals surface area contributed by atoms with Crippen LogP contribution < -0.4 is 9.64 Å². The molecule has 0 radical (unpaired) electrons. The summed E-state index contributed by atoms with van der Waals surface area (Å²) in [5, 5.41) is 12.8. The first-order valence-corrected chi connectivity index (χ1v) is 15.7. The number of benzene rings is 2. The maximum atomic E-state index is 16.7. The van der Waals surface area contributed by atoms with Crippen LogP contribution in [-0.4, -0.2) is 69.4 Å². The van der Waals surface area contributed by atoms with Gasteiger partial charge in [0, 0.05) is 41.3 Å². The van der Waals surface area contributed by atoms with Crippen molar-refractivity contribution >= 4 is 39.1 Å². The van der Waals surface area contributed by atoms with Crippen molar-refractivity contribution in [3.63, 3.8) is 0 Å². The van der Waals surface area contributed by atoms with Gasteiger partial charge >= 0.3 is 6.01 Å². The molecule has 2 aromatic carbocycles. The van der Waals surface area contributed by atoms with E-state index < -0.39 is 5.82 Å². The minimum Gasteiger partial charge on any atom is -0.461 e. The van der Waals surface area contributed by atoms with Crippen LogP contribution in [0.4, 0.5) is 10.2 Å². The molecule has 2 unspecified atom stereocenters. The Labute approximate surface area is 249 Å². The number of piperidine rings is 1. The number of hydrogen-bond donors (Lipinski definition) is 1. The Morgan fingerprint density at radius 2 is 1.86 bits per heavy atom. The highest BCUT2D eigenvalue weighted by Crippen LogP contribution is 2.44. The van der Waals surface area contributed by atoms with Gasteiger partial charge in [-0.3, -0.25) is 9.88 Å². The summed E-state index contributed by atoms with van der Waals surface area (Å²) in [6.07, 6.45) is 9.47. The quantitative estimate of drug-likeness (QED) is 0.286. The van der Waals surface area contributed by atoms with E-state index >= 15 is 4.39 Å². The molecule has 2 bridgehead atoms. The topological polar surface area (TPSA) is 74.6 Å². The van der Waals surface area contributed by atoms with Gasteiger partial charge in [-0.25, -0.2) is 4.39 Å². The Hall–Kier alpha value is -3.07. The number of hydrogen-bond acceptors (Lipinski definition) is 7. The Kier molecular flexibility index (Phi) is 6.50. The van der Waals surface area contributed by atoms with Crippen molar-refractivity contribution in [2.75, 3.05) is 37.7 Å². The summed E-state index contributed by atoms with van der Waals surface area (Å²) in [5.41, 5.74) is 0.954. The van der Waals surface area contributed by atoms with Crippen molar-refractivity contribution in [2.45, 2.75) is 56.5 Å². The molecule has 0 amide bonds. The number of ether oxygens (including phenoxy) is 1. The van der Waals surface area contributed by atoms with Crippen molar-refractivity contribution < 1.29 is 14.2 Å². The van der Waals surface area contributed by atoms with Crippen molar-refractivity contribution in [3.8, 4) is 17.3 Å². The molecule has 1 aliphatic carbocycles. The lowest BCUT2D eigenvalue weighted by Crippen LogP contribution is -2.47. The molecule has 1 N–H and O–H groups in total. The molecule has 3 aliphatic heterocycles. The first-order chi connectivity index (χ1) is 20.5. The monoisotopic (exact) mass is 587 g/mol. The van der Waals surface area contributed by atoms with E-state index in [0.717, 1.165) is 56.1 Å². The number of rotatable bonds is 6. The molecule has 4 fully saturated rings. The highest BCUT2D eigenvalue weighted by atomic mass is 35.5. The van der Waals surface area contributed by atoms with Crippen molar-refractivity contribution in [1.82, 2.24) is 19.9 Å². The lowest BCUT2D eigenvalue weighted by atomic mass is 9.95. The third-order valence-electron chi connectivity index (χ3n) is 10.4. The third-order valence-corrected chi connectivity index (χ3v) is 10.7. The smallest absolute Gasteiger partial charge is 0.319 e. The van der Waals surface area contributed by atoms with Gasteiger partial charge in [-0.15, -0.1) is 0 Å². The van der Waals surface area contributed by atoms with Gasteiger partial charge in [0.1, 0.15) is 23.6 Å². The first-order valence-electron chi connectivity index (χ1n) is 15.3. The van der Waals surface area contributed by atoms with Gasteiger partial charge in [-0.2, -0.15) is 9.97 Å². The number of anilines is 1. The highest BCUT2D eigenvalue weighted by Gasteiger charge is 2.49. The number of halogens is 2. The fourth-order valence-corrected chi connectivity index (χ4v) is 8.68. The van der Waals surface area contributed by atoms with E-state index in [-0.39, 0.29) is 35.4 Å². The second kappa shape index (κ2) is 10.3. The fourth-order valence-electron chi connectivity index (χ4n) is 8.39. The van der Waals surface area contributed by atoms with E-state index in [9.17, 15) is 5.11 Å². The van der Waals surface area contributed by atoms with Gasteiger partial charge in [0.25, 0.3) is 0 Å². The van der Waals surface area contributed by atoms with Gasteiger partial charge in [-0.05, 0) is 74.8 Å². The molecular formula is C33H35ClFN5O2. The molecule has 0 spiro atoms. The molecule has 4 aliphatic rings. The molecule has 4 aromatic rings. The zero-order chi connectivity index (χ0) is 28.4. The van der Waals surface area contributed by atoms with E-state index in [1.807, 2.05) is 36.4 Å². The van der Waals surface area contributed by atoms with Crippen LogP contribution in [0.1, 0.15) is 44.9 Å². The SMILES string of the molecule is OC[C@H]1CC[C@@]2(COc3nc(N4CC5CCC(C5)C4)c4cnc(-c5cccc6cccc(Cl)c56)c(F)c4n3)CCCN12. The first kappa shape index (κ1) is 26.5. The van der Waals surface area contributed by atoms with Crippen LogP contribution >= 0.6 is 11.6 Å². The van der Waals surface area contributed by atoms with Crippen LogP contribution in [-0.2, 0) is 0 Å². The summed E-state index contributed by atoms with van der Waals surface area (Å²) in [6.45, 7) is 3.36. The Morgan fingerprint density at radius 3 is 2.67 bits per heavy atom. The lowest BCUT2D eigenvalue weighted by molar-refractivity contribution is 0.0644. The number of aromatic nitrogens is 3.